The fourth-order valence-corrected chi connectivity index (χ4v) is 4.61. The first-order valence-corrected chi connectivity index (χ1v) is 10.2. The lowest BCUT2D eigenvalue weighted by atomic mass is 10.0. The van der Waals surface area contributed by atoms with Crippen LogP contribution in [0.3, 0.4) is 0 Å². The Bertz CT molecular complexity index is 1150. The molecule has 4 aromatic rings. The number of aromatic amines is 1. The van der Waals surface area contributed by atoms with Crippen molar-refractivity contribution in [2.45, 2.75) is 13.0 Å². The molecule has 4 nitrogen and oxygen atoms in total. The Morgan fingerprint density at radius 1 is 1.07 bits per heavy atom. The number of hydrogen-bond acceptors (Lipinski definition) is 3. The molecular formula is C22H16ClN3OS. The van der Waals surface area contributed by atoms with Gasteiger partial charge in [-0.2, -0.15) is 5.10 Å². The number of amides is 1. The van der Waals surface area contributed by atoms with E-state index in [1.54, 1.807) is 11.3 Å². The van der Waals surface area contributed by atoms with Crippen molar-refractivity contribution in [1.29, 1.82) is 0 Å². The minimum absolute atomic E-state index is 0.0648. The maximum Gasteiger partial charge on any atom is 0.277 e. The van der Waals surface area contributed by atoms with Gasteiger partial charge in [0, 0.05) is 26.7 Å². The molecule has 3 heterocycles. The van der Waals surface area contributed by atoms with Gasteiger partial charge < -0.3 is 0 Å². The summed E-state index contributed by atoms with van der Waals surface area (Å²) in [5, 5.41) is 10.2. The molecule has 2 aromatic carbocycles. The summed E-state index contributed by atoms with van der Waals surface area (Å²) in [4.78, 5) is 16.3. The first-order valence-electron chi connectivity index (χ1n) is 8.91. The summed E-state index contributed by atoms with van der Waals surface area (Å²) in [6.07, 6.45) is 0. The topological polar surface area (TPSA) is 49.0 Å². The van der Waals surface area contributed by atoms with E-state index >= 15 is 0 Å². The monoisotopic (exact) mass is 405 g/mol. The number of halogens is 1. The summed E-state index contributed by atoms with van der Waals surface area (Å²) in [7, 11) is 0. The standard InChI is InChI=1S/C22H16ClN3OS/c1-13-4-10-16(11-5-13)26-21(17-3-2-12-28-17)18-19(24-25-20(18)22(26)27)14-6-8-15(23)9-7-14/h2-12,21H,1H3,(H,24,25)/t21-/m1/s1. The molecule has 1 N–H and O–H groups in total. The maximum absolute atomic E-state index is 13.3. The van der Waals surface area contributed by atoms with E-state index in [4.69, 9.17) is 11.6 Å². The molecule has 6 heteroatoms. The fourth-order valence-electron chi connectivity index (χ4n) is 3.66. The van der Waals surface area contributed by atoms with E-state index in [2.05, 4.69) is 16.3 Å². The van der Waals surface area contributed by atoms with Gasteiger partial charge in [-0.05, 0) is 42.6 Å². The van der Waals surface area contributed by atoms with Gasteiger partial charge in [-0.3, -0.25) is 14.8 Å². The zero-order chi connectivity index (χ0) is 19.3. The molecule has 1 amide bonds. The number of fused-ring (bicyclic) bond motifs is 1. The molecular weight excluding hydrogens is 390 g/mol. The predicted octanol–water partition coefficient (Wildman–Crippen LogP) is 5.85. The highest BCUT2D eigenvalue weighted by Crippen LogP contribution is 2.46. The molecule has 0 saturated heterocycles. The lowest BCUT2D eigenvalue weighted by Crippen LogP contribution is -2.28. The molecule has 5 rings (SSSR count). The SMILES string of the molecule is Cc1ccc(N2C(=O)c3[nH]nc(-c4ccc(Cl)cc4)c3[C@H]2c2cccs2)cc1. The van der Waals surface area contributed by atoms with Crippen molar-refractivity contribution in [2.24, 2.45) is 0 Å². The maximum atomic E-state index is 13.3. The van der Waals surface area contributed by atoms with Gasteiger partial charge in [0.25, 0.3) is 5.91 Å². The smallest absolute Gasteiger partial charge is 0.277 e. The largest absolute Gasteiger partial charge is 0.294 e. The summed E-state index contributed by atoms with van der Waals surface area (Å²) in [5.41, 5.74) is 5.21. The lowest BCUT2D eigenvalue weighted by molar-refractivity contribution is 0.0989. The number of nitrogens with zero attached hydrogens (tertiary/aromatic N) is 2. The molecule has 0 unspecified atom stereocenters. The third-order valence-electron chi connectivity index (χ3n) is 5.01. The van der Waals surface area contributed by atoms with Crippen LogP contribution < -0.4 is 4.90 Å². The third kappa shape index (κ3) is 2.66. The summed E-state index contributed by atoms with van der Waals surface area (Å²) < 4.78 is 0. The number of rotatable bonds is 3. The van der Waals surface area contributed by atoms with Crippen LogP contribution in [0, 0.1) is 6.92 Å². The van der Waals surface area contributed by atoms with Crippen LogP contribution in [-0.4, -0.2) is 16.1 Å². The molecule has 0 fully saturated rings. The van der Waals surface area contributed by atoms with Crippen LogP contribution in [0.2, 0.25) is 5.02 Å². The number of H-pyrrole nitrogens is 1. The van der Waals surface area contributed by atoms with Crippen LogP contribution in [0.15, 0.2) is 66.0 Å². The third-order valence-corrected chi connectivity index (χ3v) is 6.19. The van der Waals surface area contributed by atoms with E-state index in [1.807, 2.05) is 71.8 Å². The van der Waals surface area contributed by atoms with Crippen molar-refractivity contribution in [3.8, 4) is 11.3 Å². The summed E-state index contributed by atoms with van der Waals surface area (Å²) >= 11 is 7.69. The van der Waals surface area contributed by atoms with E-state index in [-0.39, 0.29) is 11.9 Å². The Labute approximate surface area is 171 Å². The van der Waals surface area contributed by atoms with Gasteiger partial charge in [-0.1, -0.05) is 47.5 Å². The molecule has 0 bridgehead atoms. The normalized spacial score (nSPS) is 15.9. The Balaban J connectivity index is 1.70. The number of benzene rings is 2. The van der Waals surface area contributed by atoms with Crippen molar-refractivity contribution >= 4 is 34.5 Å². The van der Waals surface area contributed by atoms with Crippen LogP contribution in [0.5, 0.6) is 0 Å². The number of carbonyl (C=O) groups excluding carboxylic acids is 1. The lowest BCUT2D eigenvalue weighted by Gasteiger charge is -2.25. The quantitative estimate of drug-likeness (QED) is 0.464. The van der Waals surface area contributed by atoms with Crippen molar-refractivity contribution in [1.82, 2.24) is 10.2 Å². The molecule has 0 aliphatic carbocycles. The molecule has 28 heavy (non-hydrogen) atoms. The Morgan fingerprint density at radius 2 is 1.82 bits per heavy atom. The molecule has 0 radical (unpaired) electrons. The highest BCUT2D eigenvalue weighted by molar-refractivity contribution is 7.10. The average molecular weight is 406 g/mol. The number of carbonyl (C=O) groups is 1. The van der Waals surface area contributed by atoms with Gasteiger partial charge in [0.05, 0.1) is 5.69 Å². The molecule has 0 spiro atoms. The summed E-state index contributed by atoms with van der Waals surface area (Å²) in [6, 6.07) is 19.5. The van der Waals surface area contributed by atoms with Crippen LogP contribution in [0.1, 0.15) is 32.5 Å². The highest BCUT2D eigenvalue weighted by Gasteiger charge is 2.43. The van der Waals surface area contributed by atoms with E-state index < -0.39 is 0 Å². The number of hydrogen-bond donors (Lipinski definition) is 1. The van der Waals surface area contributed by atoms with Crippen LogP contribution in [-0.2, 0) is 0 Å². The van der Waals surface area contributed by atoms with Gasteiger partial charge in [0.1, 0.15) is 11.7 Å². The zero-order valence-corrected chi connectivity index (χ0v) is 16.6. The molecule has 2 aromatic heterocycles. The molecule has 0 saturated carbocycles. The summed E-state index contributed by atoms with van der Waals surface area (Å²) in [6.45, 7) is 2.04. The first kappa shape index (κ1) is 17.2. The zero-order valence-electron chi connectivity index (χ0n) is 15.0. The van der Waals surface area contributed by atoms with E-state index in [9.17, 15) is 4.79 Å². The van der Waals surface area contributed by atoms with Gasteiger partial charge in [-0.15, -0.1) is 11.3 Å². The second-order valence-electron chi connectivity index (χ2n) is 6.80. The number of aromatic nitrogens is 2. The second kappa shape index (κ2) is 6.62. The van der Waals surface area contributed by atoms with Crippen molar-refractivity contribution < 1.29 is 4.79 Å². The van der Waals surface area contributed by atoms with Gasteiger partial charge in [0.2, 0.25) is 0 Å². The fraction of sp³-hybridized carbons (Fsp3) is 0.0909. The number of thiophene rings is 1. The van der Waals surface area contributed by atoms with Gasteiger partial charge in [0.15, 0.2) is 0 Å². The molecule has 1 aliphatic rings. The number of aryl methyl sites for hydroxylation is 1. The van der Waals surface area contributed by atoms with Gasteiger partial charge >= 0.3 is 0 Å². The van der Waals surface area contributed by atoms with Crippen molar-refractivity contribution in [3.05, 3.63) is 92.8 Å². The Hall–Kier alpha value is -2.89. The van der Waals surface area contributed by atoms with Gasteiger partial charge in [-0.25, -0.2) is 0 Å². The predicted molar refractivity (Wildman–Crippen MR) is 113 cm³/mol. The molecule has 138 valence electrons. The average Bonchev–Trinajstić information content (AvgIpc) is 3.42. The van der Waals surface area contributed by atoms with Crippen molar-refractivity contribution in [2.75, 3.05) is 4.90 Å². The molecule has 1 atom stereocenters. The second-order valence-corrected chi connectivity index (χ2v) is 8.21. The van der Waals surface area contributed by atoms with Crippen LogP contribution in [0.25, 0.3) is 11.3 Å². The van der Waals surface area contributed by atoms with E-state index in [0.29, 0.717) is 10.7 Å². The Morgan fingerprint density at radius 3 is 2.50 bits per heavy atom. The molecule has 1 aliphatic heterocycles. The van der Waals surface area contributed by atoms with E-state index in [0.717, 1.165) is 32.9 Å². The number of anilines is 1. The van der Waals surface area contributed by atoms with Crippen LogP contribution >= 0.6 is 22.9 Å². The Kier molecular flexibility index (Phi) is 4.07. The highest BCUT2D eigenvalue weighted by atomic mass is 35.5. The summed E-state index contributed by atoms with van der Waals surface area (Å²) in [5.74, 6) is -0.0648. The van der Waals surface area contributed by atoms with Crippen molar-refractivity contribution in [3.63, 3.8) is 0 Å². The van der Waals surface area contributed by atoms with Crippen LogP contribution in [0.4, 0.5) is 5.69 Å². The minimum atomic E-state index is -0.213. The van der Waals surface area contributed by atoms with E-state index in [1.165, 1.54) is 0 Å². The first-order chi connectivity index (χ1) is 13.6. The minimum Gasteiger partial charge on any atom is -0.294 e. The number of nitrogens with one attached hydrogen (secondary N) is 1.